The van der Waals surface area contributed by atoms with Crippen LogP contribution in [0.1, 0.15) is 20.3 Å². The molecule has 0 aliphatic carbocycles. The first-order valence-corrected chi connectivity index (χ1v) is 5.25. The number of nitrogens with zero attached hydrogens (tertiary/aromatic N) is 1. The summed E-state index contributed by atoms with van der Waals surface area (Å²) in [7, 11) is 3.73. The first kappa shape index (κ1) is 11.7. The van der Waals surface area contributed by atoms with Gasteiger partial charge < -0.3 is 15.4 Å². The van der Waals surface area contributed by atoms with Crippen LogP contribution >= 0.6 is 0 Å². The van der Waals surface area contributed by atoms with E-state index in [0.717, 1.165) is 23.5 Å². The summed E-state index contributed by atoms with van der Waals surface area (Å²) < 4.78 is 5.19. The largest absolute Gasteiger partial charge is 0.497 e. The van der Waals surface area contributed by atoms with E-state index in [0.29, 0.717) is 6.04 Å². The third kappa shape index (κ3) is 2.78. The lowest BCUT2D eigenvalue weighted by molar-refractivity contribution is 0.415. The van der Waals surface area contributed by atoms with Gasteiger partial charge in [-0.3, -0.25) is 0 Å². The first-order valence-electron chi connectivity index (χ1n) is 5.25. The number of rotatable bonds is 4. The summed E-state index contributed by atoms with van der Waals surface area (Å²) in [6.07, 6.45) is 1.10. The second kappa shape index (κ2) is 4.91. The first-order chi connectivity index (χ1) is 7.08. The van der Waals surface area contributed by atoms with E-state index in [1.165, 1.54) is 0 Å². The van der Waals surface area contributed by atoms with Crippen molar-refractivity contribution in [2.45, 2.75) is 26.3 Å². The molecule has 0 heterocycles. The smallest absolute Gasteiger partial charge is 0.122 e. The molecule has 0 spiro atoms. The summed E-state index contributed by atoms with van der Waals surface area (Å²) in [6.45, 7) is 4.36. The summed E-state index contributed by atoms with van der Waals surface area (Å²) in [4.78, 5) is 2.21. The molecule has 0 saturated heterocycles. The van der Waals surface area contributed by atoms with Gasteiger partial charge in [0, 0.05) is 36.6 Å². The number of nitrogens with two attached hydrogens (primary N) is 1. The minimum absolute atomic E-state index is 0.497. The van der Waals surface area contributed by atoms with Crippen LogP contribution in [0, 0.1) is 0 Å². The molecule has 0 saturated carbocycles. The van der Waals surface area contributed by atoms with Gasteiger partial charge in [0.25, 0.3) is 0 Å². The minimum Gasteiger partial charge on any atom is -0.497 e. The van der Waals surface area contributed by atoms with Crippen LogP contribution < -0.4 is 15.4 Å². The molecule has 3 nitrogen and oxygen atoms in total. The maximum atomic E-state index is 5.81. The molecule has 0 aliphatic heterocycles. The number of methoxy groups -OCH3 is 1. The van der Waals surface area contributed by atoms with Crippen LogP contribution in [-0.2, 0) is 0 Å². The number of benzene rings is 1. The van der Waals surface area contributed by atoms with E-state index in [1.54, 1.807) is 7.11 Å². The van der Waals surface area contributed by atoms with Crippen LogP contribution in [-0.4, -0.2) is 20.2 Å². The van der Waals surface area contributed by atoms with Crippen molar-refractivity contribution in [1.82, 2.24) is 0 Å². The van der Waals surface area contributed by atoms with Crippen molar-refractivity contribution in [2.75, 3.05) is 24.8 Å². The second-order valence-corrected chi connectivity index (χ2v) is 3.83. The molecule has 0 amide bonds. The van der Waals surface area contributed by atoms with Gasteiger partial charge in [-0.15, -0.1) is 0 Å². The van der Waals surface area contributed by atoms with E-state index in [9.17, 15) is 0 Å². The predicted octanol–water partition coefficient (Wildman–Crippen LogP) is 2.51. The molecule has 1 rings (SSSR count). The summed E-state index contributed by atoms with van der Waals surface area (Å²) in [6, 6.07) is 6.29. The van der Waals surface area contributed by atoms with E-state index < -0.39 is 0 Å². The van der Waals surface area contributed by atoms with Gasteiger partial charge in [-0.1, -0.05) is 6.92 Å². The fourth-order valence-electron chi connectivity index (χ4n) is 1.46. The molecule has 0 aromatic heterocycles. The van der Waals surface area contributed by atoms with Crippen molar-refractivity contribution in [3.63, 3.8) is 0 Å². The lowest BCUT2D eigenvalue weighted by Gasteiger charge is -2.26. The number of hydrogen-bond donors (Lipinski definition) is 1. The molecule has 1 aromatic rings. The molecule has 0 fully saturated rings. The number of nitrogen functional groups attached to an aromatic ring is 1. The van der Waals surface area contributed by atoms with Crippen LogP contribution in [0.3, 0.4) is 0 Å². The fraction of sp³-hybridized carbons (Fsp3) is 0.500. The SMILES string of the molecule is CCC(C)N(C)c1cc(N)cc(OC)c1. The number of ether oxygens (including phenoxy) is 1. The van der Waals surface area contributed by atoms with Gasteiger partial charge in [-0.25, -0.2) is 0 Å². The molecule has 0 aliphatic rings. The van der Waals surface area contributed by atoms with Crippen molar-refractivity contribution in [1.29, 1.82) is 0 Å². The average Bonchev–Trinajstić information content (AvgIpc) is 2.26. The van der Waals surface area contributed by atoms with E-state index in [-0.39, 0.29) is 0 Å². The van der Waals surface area contributed by atoms with Gasteiger partial charge >= 0.3 is 0 Å². The Labute approximate surface area is 91.8 Å². The van der Waals surface area contributed by atoms with E-state index in [4.69, 9.17) is 10.5 Å². The molecule has 1 unspecified atom stereocenters. The molecule has 2 N–H and O–H groups in total. The molecule has 15 heavy (non-hydrogen) atoms. The van der Waals surface area contributed by atoms with Gasteiger partial charge in [0.1, 0.15) is 5.75 Å². The molecular formula is C12H20N2O. The third-order valence-corrected chi connectivity index (χ3v) is 2.81. The Balaban J connectivity index is 2.97. The van der Waals surface area contributed by atoms with Gasteiger partial charge in [0.15, 0.2) is 0 Å². The molecule has 84 valence electrons. The van der Waals surface area contributed by atoms with Gasteiger partial charge in [-0.05, 0) is 19.4 Å². The van der Waals surface area contributed by atoms with Gasteiger partial charge in [-0.2, -0.15) is 0 Å². The average molecular weight is 208 g/mol. The Morgan fingerprint density at radius 2 is 2.07 bits per heavy atom. The second-order valence-electron chi connectivity index (χ2n) is 3.83. The highest BCUT2D eigenvalue weighted by Crippen LogP contribution is 2.26. The van der Waals surface area contributed by atoms with Crippen molar-refractivity contribution >= 4 is 11.4 Å². The summed E-state index contributed by atoms with van der Waals surface area (Å²) in [5.41, 5.74) is 7.64. The molecule has 0 bridgehead atoms. The molecule has 1 aromatic carbocycles. The Kier molecular flexibility index (Phi) is 3.83. The van der Waals surface area contributed by atoms with E-state index >= 15 is 0 Å². The predicted molar refractivity (Wildman–Crippen MR) is 65.6 cm³/mol. The zero-order chi connectivity index (χ0) is 11.4. The van der Waals surface area contributed by atoms with Crippen LogP contribution in [0.2, 0.25) is 0 Å². The number of hydrogen-bond acceptors (Lipinski definition) is 3. The summed E-state index contributed by atoms with van der Waals surface area (Å²) in [5.74, 6) is 0.806. The van der Waals surface area contributed by atoms with E-state index in [2.05, 4.69) is 25.8 Å². The summed E-state index contributed by atoms with van der Waals surface area (Å²) >= 11 is 0. The highest BCUT2D eigenvalue weighted by Gasteiger charge is 2.09. The Hall–Kier alpha value is -1.38. The van der Waals surface area contributed by atoms with Crippen LogP contribution in [0.25, 0.3) is 0 Å². The van der Waals surface area contributed by atoms with Crippen molar-refractivity contribution in [3.8, 4) is 5.75 Å². The van der Waals surface area contributed by atoms with Gasteiger partial charge in [0.2, 0.25) is 0 Å². The molecule has 1 atom stereocenters. The van der Waals surface area contributed by atoms with E-state index in [1.807, 2.05) is 18.2 Å². The maximum Gasteiger partial charge on any atom is 0.122 e. The zero-order valence-electron chi connectivity index (χ0n) is 9.95. The standard InChI is InChI=1S/C12H20N2O/c1-5-9(2)14(3)11-6-10(13)7-12(8-11)15-4/h6-9H,5,13H2,1-4H3. The lowest BCUT2D eigenvalue weighted by Crippen LogP contribution is -2.27. The fourth-order valence-corrected chi connectivity index (χ4v) is 1.46. The Bertz CT molecular complexity index is 325. The highest BCUT2D eigenvalue weighted by molar-refractivity contribution is 5.60. The zero-order valence-corrected chi connectivity index (χ0v) is 9.95. The van der Waals surface area contributed by atoms with Crippen molar-refractivity contribution < 1.29 is 4.74 Å². The number of anilines is 2. The van der Waals surface area contributed by atoms with Crippen LogP contribution in [0.4, 0.5) is 11.4 Å². The molecule has 0 radical (unpaired) electrons. The third-order valence-electron chi connectivity index (χ3n) is 2.81. The van der Waals surface area contributed by atoms with Crippen LogP contribution in [0.5, 0.6) is 5.75 Å². The maximum absolute atomic E-state index is 5.81. The Morgan fingerprint density at radius 1 is 1.40 bits per heavy atom. The Morgan fingerprint density at radius 3 is 2.60 bits per heavy atom. The summed E-state index contributed by atoms with van der Waals surface area (Å²) in [5, 5.41) is 0. The lowest BCUT2D eigenvalue weighted by atomic mass is 10.2. The van der Waals surface area contributed by atoms with Gasteiger partial charge in [0.05, 0.1) is 7.11 Å². The van der Waals surface area contributed by atoms with Crippen LogP contribution in [0.15, 0.2) is 18.2 Å². The minimum atomic E-state index is 0.497. The molecular weight excluding hydrogens is 188 g/mol. The quantitative estimate of drug-likeness (QED) is 0.773. The van der Waals surface area contributed by atoms with Crippen molar-refractivity contribution in [3.05, 3.63) is 18.2 Å². The monoisotopic (exact) mass is 208 g/mol. The van der Waals surface area contributed by atoms with Crippen molar-refractivity contribution in [2.24, 2.45) is 0 Å². The molecule has 3 heteroatoms. The topological polar surface area (TPSA) is 38.5 Å². The normalized spacial score (nSPS) is 12.3. The highest BCUT2D eigenvalue weighted by atomic mass is 16.5.